The SMILES string of the molecule is Cc1ccc(NC(=O)Cc2cc(-c3ccc4ncnn4c3)n(-c3cccc(C)n3)n2)cc1. The van der Waals surface area contributed by atoms with Crippen LogP contribution in [0, 0.1) is 13.8 Å². The highest BCUT2D eigenvalue weighted by atomic mass is 16.1. The van der Waals surface area contributed by atoms with E-state index in [1.807, 2.05) is 80.7 Å². The summed E-state index contributed by atoms with van der Waals surface area (Å²) in [5, 5.41) is 11.9. The van der Waals surface area contributed by atoms with E-state index < -0.39 is 0 Å². The number of nitrogens with zero attached hydrogens (tertiary/aromatic N) is 6. The number of aromatic nitrogens is 6. The molecule has 5 aromatic rings. The number of nitrogens with one attached hydrogen (secondary N) is 1. The monoisotopic (exact) mass is 423 g/mol. The molecule has 0 fully saturated rings. The summed E-state index contributed by atoms with van der Waals surface area (Å²) < 4.78 is 3.47. The number of hydrogen-bond acceptors (Lipinski definition) is 5. The van der Waals surface area contributed by atoms with Gasteiger partial charge in [0.05, 0.1) is 17.8 Å². The molecule has 0 unspecified atom stereocenters. The first-order chi connectivity index (χ1) is 15.5. The Hall–Kier alpha value is -4.33. The van der Waals surface area contributed by atoms with Crippen molar-refractivity contribution in [3.05, 3.63) is 90.1 Å². The smallest absolute Gasteiger partial charge is 0.230 e. The molecule has 0 bridgehead atoms. The zero-order valence-corrected chi connectivity index (χ0v) is 17.7. The maximum atomic E-state index is 12.7. The van der Waals surface area contributed by atoms with Gasteiger partial charge in [0.2, 0.25) is 5.91 Å². The van der Waals surface area contributed by atoms with Crippen molar-refractivity contribution < 1.29 is 4.79 Å². The van der Waals surface area contributed by atoms with Gasteiger partial charge in [0, 0.05) is 23.1 Å². The average molecular weight is 423 g/mol. The van der Waals surface area contributed by atoms with Crippen molar-refractivity contribution in [2.24, 2.45) is 0 Å². The third-order valence-corrected chi connectivity index (χ3v) is 5.10. The van der Waals surface area contributed by atoms with E-state index in [9.17, 15) is 4.79 Å². The summed E-state index contributed by atoms with van der Waals surface area (Å²) in [7, 11) is 0. The summed E-state index contributed by atoms with van der Waals surface area (Å²) in [5.74, 6) is 0.554. The largest absolute Gasteiger partial charge is 0.326 e. The molecule has 1 amide bonds. The zero-order chi connectivity index (χ0) is 22.1. The molecule has 4 heterocycles. The number of amides is 1. The molecule has 1 N–H and O–H groups in total. The lowest BCUT2D eigenvalue weighted by Gasteiger charge is -2.07. The molecule has 32 heavy (non-hydrogen) atoms. The molecule has 0 aliphatic carbocycles. The molecule has 0 radical (unpaired) electrons. The van der Waals surface area contributed by atoms with Crippen LogP contribution >= 0.6 is 0 Å². The van der Waals surface area contributed by atoms with Gasteiger partial charge < -0.3 is 5.32 Å². The van der Waals surface area contributed by atoms with Gasteiger partial charge in [0.1, 0.15) is 6.33 Å². The Morgan fingerprint density at radius 1 is 1.03 bits per heavy atom. The molecule has 0 saturated heterocycles. The first-order valence-corrected chi connectivity index (χ1v) is 10.2. The van der Waals surface area contributed by atoms with Gasteiger partial charge in [-0.2, -0.15) is 10.2 Å². The molecule has 1 aromatic carbocycles. The highest BCUT2D eigenvalue weighted by Crippen LogP contribution is 2.24. The standard InChI is InChI=1S/C24H21N7O/c1-16-6-9-19(10-7-16)28-24(32)13-20-12-21(18-8-11-22-25-15-26-30(22)14-18)31(29-20)23-5-3-4-17(2)27-23/h3-12,14-15H,13H2,1-2H3,(H,28,32). The van der Waals surface area contributed by atoms with E-state index >= 15 is 0 Å². The van der Waals surface area contributed by atoms with Crippen LogP contribution in [-0.2, 0) is 11.2 Å². The molecule has 8 heteroatoms. The van der Waals surface area contributed by atoms with Crippen LogP contribution in [-0.4, -0.2) is 35.3 Å². The van der Waals surface area contributed by atoms with Crippen molar-refractivity contribution in [3.8, 4) is 17.1 Å². The Bertz CT molecular complexity index is 1420. The molecule has 0 atom stereocenters. The molecular weight excluding hydrogens is 402 g/mol. The van der Waals surface area contributed by atoms with Crippen molar-refractivity contribution in [1.82, 2.24) is 29.4 Å². The molecule has 158 valence electrons. The number of carbonyl (C=O) groups is 1. The Balaban J connectivity index is 1.50. The van der Waals surface area contributed by atoms with Crippen LogP contribution < -0.4 is 5.32 Å². The predicted molar refractivity (Wildman–Crippen MR) is 122 cm³/mol. The fourth-order valence-electron chi connectivity index (χ4n) is 3.52. The van der Waals surface area contributed by atoms with Crippen LogP contribution in [0.1, 0.15) is 17.0 Å². The average Bonchev–Trinajstić information content (AvgIpc) is 3.41. The van der Waals surface area contributed by atoms with E-state index in [0.29, 0.717) is 11.5 Å². The van der Waals surface area contributed by atoms with E-state index in [0.717, 1.165) is 33.8 Å². The molecule has 0 aliphatic heterocycles. The van der Waals surface area contributed by atoms with Gasteiger partial charge in [-0.05, 0) is 56.3 Å². The molecule has 8 nitrogen and oxygen atoms in total. The van der Waals surface area contributed by atoms with Gasteiger partial charge in [-0.25, -0.2) is 19.2 Å². The fraction of sp³-hybridized carbons (Fsp3) is 0.125. The zero-order valence-electron chi connectivity index (χ0n) is 17.7. The van der Waals surface area contributed by atoms with Crippen LogP contribution in [0.2, 0.25) is 0 Å². The van der Waals surface area contributed by atoms with Gasteiger partial charge >= 0.3 is 0 Å². The van der Waals surface area contributed by atoms with E-state index in [1.165, 1.54) is 6.33 Å². The van der Waals surface area contributed by atoms with Crippen LogP contribution in [0.5, 0.6) is 0 Å². The lowest BCUT2D eigenvalue weighted by molar-refractivity contribution is -0.115. The maximum absolute atomic E-state index is 12.7. The molecule has 4 aromatic heterocycles. The third kappa shape index (κ3) is 3.98. The van der Waals surface area contributed by atoms with E-state index in [4.69, 9.17) is 5.10 Å². The predicted octanol–water partition coefficient (Wildman–Crippen LogP) is 3.78. The summed E-state index contributed by atoms with van der Waals surface area (Å²) in [6.45, 7) is 3.94. The number of benzene rings is 1. The first-order valence-electron chi connectivity index (χ1n) is 10.2. The summed E-state index contributed by atoms with van der Waals surface area (Å²) in [6.07, 6.45) is 3.55. The lowest BCUT2D eigenvalue weighted by Crippen LogP contribution is -2.15. The lowest BCUT2D eigenvalue weighted by atomic mass is 10.1. The topological polar surface area (TPSA) is 90.0 Å². The number of aryl methyl sites for hydroxylation is 2. The quantitative estimate of drug-likeness (QED) is 0.465. The van der Waals surface area contributed by atoms with E-state index in [2.05, 4.69) is 20.4 Å². The Kier molecular flexibility index (Phi) is 4.95. The van der Waals surface area contributed by atoms with Gasteiger partial charge in [0.15, 0.2) is 11.5 Å². The highest BCUT2D eigenvalue weighted by Gasteiger charge is 2.16. The highest BCUT2D eigenvalue weighted by molar-refractivity contribution is 5.92. The van der Waals surface area contributed by atoms with Crippen molar-refractivity contribution in [3.63, 3.8) is 0 Å². The Morgan fingerprint density at radius 3 is 2.69 bits per heavy atom. The third-order valence-electron chi connectivity index (χ3n) is 5.10. The van der Waals surface area contributed by atoms with Gasteiger partial charge in [-0.1, -0.05) is 23.8 Å². The molecule has 0 saturated carbocycles. The Labute approximate surface area is 184 Å². The summed E-state index contributed by atoms with van der Waals surface area (Å²) in [4.78, 5) is 21.5. The van der Waals surface area contributed by atoms with Crippen LogP contribution in [0.15, 0.2) is 73.2 Å². The number of anilines is 1. The number of rotatable bonds is 5. The van der Waals surface area contributed by atoms with Crippen LogP contribution in [0.3, 0.4) is 0 Å². The summed E-state index contributed by atoms with van der Waals surface area (Å²) in [5.41, 5.74) is 5.90. The number of hydrogen-bond donors (Lipinski definition) is 1. The van der Waals surface area contributed by atoms with Crippen molar-refractivity contribution in [2.75, 3.05) is 5.32 Å². The minimum absolute atomic E-state index is 0.131. The minimum Gasteiger partial charge on any atom is -0.326 e. The normalized spacial score (nSPS) is 11.1. The summed E-state index contributed by atoms with van der Waals surface area (Å²) in [6, 6.07) is 19.2. The summed E-state index contributed by atoms with van der Waals surface area (Å²) >= 11 is 0. The van der Waals surface area contributed by atoms with Crippen molar-refractivity contribution in [1.29, 1.82) is 0 Å². The number of fused-ring (bicyclic) bond motifs is 1. The number of carbonyl (C=O) groups excluding carboxylic acids is 1. The second-order valence-corrected chi connectivity index (χ2v) is 7.64. The number of pyridine rings is 2. The van der Waals surface area contributed by atoms with Gasteiger partial charge in [-0.3, -0.25) is 4.79 Å². The second-order valence-electron chi connectivity index (χ2n) is 7.64. The maximum Gasteiger partial charge on any atom is 0.230 e. The van der Waals surface area contributed by atoms with E-state index in [-0.39, 0.29) is 12.3 Å². The molecule has 0 spiro atoms. The molecule has 5 rings (SSSR count). The second kappa shape index (κ2) is 8.07. The van der Waals surface area contributed by atoms with Crippen molar-refractivity contribution in [2.45, 2.75) is 20.3 Å². The van der Waals surface area contributed by atoms with Gasteiger partial charge in [-0.15, -0.1) is 0 Å². The fourth-order valence-corrected chi connectivity index (χ4v) is 3.52. The van der Waals surface area contributed by atoms with Crippen molar-refractivity contribution >= 4 is 17.2 Å². The first kappa shape index (κ1) is 19.6. The van der Waals surface area contributed by atoms with Crippen LogP contribution in [0.4, 0.5) is 5.69 Å². The Morgan fingerprint density at radius 2 is 1.88 bits per heavy atom. The molecule has 0 aliphatic rings. The van der Waals surface area contributed by atoms with E-state index in [1.54, 1.807) is 9.20 Å². The van der Waals surface area contributed by atoms with Crippen LogP contribution in [0.25, 0.3) is 22.7 Å². The minimum atomic E-state index is -0.131. The molecular formula is C24H21N7O. The van der Waals surface area contributed by atoms with Gasteiger partial charge in [0.25, 0.3) is 0 Å².